The molecular weight excluding hydrogens is 370 g/mol. The number of nitrogens with zero attached hydrogens (tertiary/aromatic N) is 3. The van der Waals surface area contributed by atoms with E-state index < -0.39 is 0 Å². The van der Waals surface area contributed by atoms with E-state index in [1.807, 2.05) is 29.2 Å². The number of β-amino-alcohol motifs (C(OH)–C–C–N with tert-alkyl or cyclic N) is 1. The molecule has 2 aliphatic heterocycles. The molecule has 0 unspecified atom stereocenters. The molecule has 0 radical (unpaired) electrons. The highest BCUT2D eigenvalue weighted by Crippen LogP contribution is 2.16. The van der Waals surface area contributed by atoms with Gasteiger partial charge < -0.3 is 19.5 Å². The monoisotopic (exact) mass is 405 g/mol. The zero-order valence-corrected chi connectivity index (χ0v) is 17.9. The predicted octanol–water partition coefficient (Wildman–Crippen LogP) is 1.17. The minimum Gasteiger partial charge on any atom is -0.497 e. The van der Waals surface area contributed by atoms with Crippen LogP contribution in [0.3, 0.4) is 0 Å². The number of carbonyl (C=O) groups is 1. The molecule has 0 spiro atoms. The Morgan fingerprint density at radius 1 is 1.14 bits per heavy atom. The molecule has 0 saturated carbocycles. The van der Waals surface area contributed by atoms with Crippen molar-refractivity contribution in [1.29, 1.82) is 0 Å². The van der Waals surface area contributed by atoms with Crippen molar-refractivity contribution < 1.29 is 19.4 Å². The number of morpholine rings is 1. The second-order valence-corrected chi connectivity index (χ2v) is 8.39. The highest BCUT2D eigenvalue weighted by molar-refractivity contribution is 5.94. The fourth-order valence-electron chi connectivity index (χ4n) is 3.87. The maximum absolute atomic E-state index is 12.7. The molecule has 0 aliphatic carbocycles. The molecule has 2 heterocycles. The summed E-state index contributed by atoms with van der Waals surface area (Å²) in [6, 6.07) is 7.30. The largest absolute Gasteiger partial charge is 0.497 e. The van der Waals surface area contributed by atoms with Crippen LogP contribution in [0.25, 0.3) is 0 Å². The van der Waals surface area contributed by atoms with Gasteiger partial charge in [0.2, 0.25) is 0 Å². The smallest absolute Gasteiger partial charge is 0.253 e. The third-order valence-corrected chi connectivity index (χ3v) is 5.90. The van der Waals surface area contributed by atoms with Gasteiger partial charge in [0.25, 0.3) is 5.91 Å². The Morgan fingerprint density at radius 3 is 2.45 bits per heavy atom. The molecule has 162 valence electrons. The summed E-state index contributed by atoms with van der Waals surface area (Å²) in [5, 5.41) is 10.2. The summed E-state index contributed by atoms with van der Waals surface area (Å²) in [5.41, 5.74) is 0.703. The molecule has 2 aliphatic rings. The molecular formula is C22H35N3O4. The van der Waals surface area contributed by atoms with Gasteiger partial charge in [-0.2, -0.15) is 0 Å². The van der Waals surface area contributed by atoms with Gasteiger partial charge in [0.15, 0.2) is 0 Å². The van der Waals surface area contributed by atoms with Crippen LogP contribution in [0.1, 0.15) is 24.2 Å². The lowest BCUT2D eigenvalue weighted by molar-refractivity contribution is -0.0596. The Labute approximate surface area is 174 Å². The summed E-state index contributed by atoms with van der Waals surface area (Å²) in [5.74, 6) is 1.11. The lowest BCUT2D eigenvalue weighted by Gasteiger charge is -2.39. The summed E-state index contributed by atoms with van der Waals surface area (Å²) in [4.78, 5) is 19.3. The quantitative estimate of drug-likeness (QED) is 0.735. The van der Waals surface area contributed by atoms with Crippen LogP contribution in [-0.4, -0.2) is 104 Å². The Morgan fingerprint density at radius 2 is 1.83 bits per heavy atom. The average Bonchev–Trinajstić information content (AvgIpc) is 2.74. The second-order valence-electron chi connectivity index (χ2n) is 8.39. The van der Waals surface area contributed by atoms with Crippen molar-refractivity contribution in [2.75, 3.05) is 66.1 Å². The number of carbonyl (C=O) groups excluding carboxylic acids is 1. The first-order valence-corrected chi connectivity index (χ1v) is 10.6. The SMILES string of the molecule is COc1ccc(C(=O)N2CCN(C[C@@H]3CN(C[C@H](O)C(C)C)CCO3)CC2)cc1. The van der Waals surface area contributed by atoms with Crippen molar-refractivity contribution in [3.05, 3.63) is 29.8 Å². The van der Waals surface area contributed by atoms with E-state index in [1.54, 1.807) is 7.11 Å². The van der Waals surface area contributed by atoms with Crippen LogP contribution in [0.15, 0.2) is 24.3 Å². The Bertz CT molecular complexity index is 644. The summed E-state index contributed by atoms with van der Waals surface area (Å²) in [7, 11) is 1.62. The first-order valence-electron chi connectivity index (χ1n) is 10.6. The van der Waals surface area contributed by atoms with Gasteiger partial charge in [-0.25, -0.2) is 0 Å². The minimum absolute atomic E-state index is 0.0788. The first kappa shape index (κ1) is 22.0. The lowest BCUT2D eigenvalue weighted by Crippen LogP contribution is -2.54. The van der Waals surface area contributed by atoms with Crippen molar-refractivity contribution in [3.63, 3.8) is 0 Å². The number of ether oxygens (including phenoxy) is 2. The van der Waals surface area contributed by atoms with Crippen LogP contribution in [-0.2, 0) is 4.74 Å². The Hall–Kier alpha value is -1.67. The van der Waals surface area contributed by atoms with E-state index in [9.17, 15) is 9.90 Å². The third-order valence-electron chi connectivity index (χ3n) is 5.90. The van der Waals surface area contributed by atoms with Crippen LogP contribution in [0.2, 0.25) is 0 Å². The van der Waals surface area contributed by atoms with E-state index in [0.29, 0.717) is 18.7 Å². The van der Waals surface area contributed by atoms with Crippen LogP contribution in [0.5, 0.6) is 5.75 Å². The summed E-state index contributed by atoms with van der Waals surface area (Å²) in [6.07, 6.45) is -0.131. The van der Waals surface area contributed by atoms with E-state index in [0.717, 1.165) is 51.6 Å². The summed E-state index contributed by atoms with van der Waals surface area (Å²) >= 11 is 0. The number of benzene rings is 1. The molecule has 1 aromatic carbocycles. The third kappa shape index (κ3) is 6.15. The molecule has 0 bridgehead atoms. The van der Waals surface area contributed by atoms with E-state index in [1.165, 1.54) is 0 Å². The highest BCUT2D eigenvalue weighted by atomic mass is 16.5. The van der Waals surface area contributed by atoms with Gasteiger partial charge in [-0.3, -0.25) is 14.6 Å². The maximum atomic E-state index is 12.7. The van der Waals surface area contributed by atoms with Gasteiger partial charge in [-0.1, -0.05) is 13.8 Å². The molecule has 3 rings (SSSR count). The zero-order valence-electron chi connectivity index (χ0n) is 17.9. The van der Waals surface area contributed by atoms with Crippen LogP contribution in [0, 0.1) is 5.92 Å². The van der Waals surface area contributed by atoms with E-state index in [4.69, 9.17) is 9.47 Å². The normalized spacial score (nSPS) is 22.7. The van der Waals surface area contributed by atoms with Gasteiger partial charge in [-0.15, -0.1) is 0 Å². The minimum atomic E-state index is -0.290. The Balaban J connectivity index is 1.43. The van der Waals surface area contributed by atoms with Crippen molar-refractivity contribution in [3.8, 4) is 5.75 Å². The molecule has 0 aromatic heterocycles. The fourth-order valence-corrected chi connectivity index (χ4v) is 3.87. The number of aliphatic hydroxyl groups excluding tert-OH is 1. The molecule has 2 saturated heterocycles. The fraction of sp³-hybridized carbons (Fsp3) is 0.682. The number of hydrogen-bond acceptors (Lipinski definition) is 6. The van der Waals surface area contributed by atoms with E-state index in [-0.39, 0.29) is 24.0 Å². The molecule has 1 aromatic rings. The van der Waals surface area contributed by atoms with Gasteiger partial charge in [-0.05, 0) is 30.2 Å². The van der Waals surface area contributed by atoms with Crippen LogP contribution >= 0.6 is 0 Å². The number of aliphatic hydroxyl groups is 1. The molecule has 1 amide bonds. The highest BCUT2D eigenvalue weighted by Gasteiger charge is 2.27. The van der Waals surface area contributed by atoms with E-state index >= 15 is 0 Å². The van der Waals surface area contributed by atoms with Crippen LogP contribution < -0.4 is 4.74 Å². The van der Waals surface area contributed by atoms with E-state index in [2.05, 4.69) is 23.6 Å². The maximum Gasteiger partial charge on any atom is 0.253 e. The number of piperazine rings is 1. The van der Waals surface area contributed by atoms with Gasteiger partial charge in [0.05, 0.1) is 25.9 Å². The van der Waals surface area contributed by atoms with Gasteiger partial charge in [0.1, 0.15) is 5.75 Å². The molecule has 2 fully saturated rings. The van der Waals surface area contributed by atoms with Crippen molar-refractivity contribution in [1.82, 2.24) is 14.7 Å². The number of rotatable bonds is 7. The summed E-state index contributed by atoms with van der Waals surface area (Å²) in [6.45, 7) is 11.3. The van der Waals surface area contributed by atoms with Gasteiger partial charge >= 0.3 is 0 Å². The predicted molar refractivity (Wildman–Crippen MR) is 112 cm³/mol. The number of amides is 1. The lowest BCUT2D eigenvalue weighted by atomic mass is 10.1. The standard InChI is InChI=1S/C22H35N3O4/c1-17(2)21(26)16-24-12-13-29-20(15-24)14-23-8-10-25(11-9-23)22(27)18-4-6-19(28-3)7-5-18/h4-7,17,20-21,26H,8-16H2,1-3H3/t20-,21+/m1/s1. The average molecular weight is 406 g/mol. The van der Waals surface area contributed by atoms with Crippen LogP contribution in [0.4, 0.5) is 0 Å². The van der Waals surface area contributed by atoms with Crippen molar-refractivity contribution in [2.24, 2.45) is 5.92 Å². The molecule has 7 heteroatoms. The van der Waals surface area contributed by atoms with Gasteiger partial charge in [0, 0.05) is 57.9 Å². The molecule has 7 nitrogen and oxygen atoms in total. The zero-order chi connectivity index (χ0) is 20.8. The molecule has 1 N–H and O–H groups in total. The number of hydrogen-bond donors (Lipinski definition) is 1. The molecule has 29 heavy (non-hydrogen) atoms. The topological polar surface area (TPSA) is 65.5 Å². The van der Waals surface area contributed by atoms with Crippen molar-refractivity contribution >= 4 is 5.91 Å². The first-order chi connectivity index (χ1) is 14.0. The molecule has 2 atom stereocenters. The second kappa shape index (κ2) is 10.4. The summed E-state index contributed by atoms with van der Waals surface area (Å²) < 4.78 is 11.1. The van der Waals surface area contributed by atoms with Crippen molar-refractivity contribution in [2.45, 2.75) is 26.1 Å². The Kier molecular flexibility index (Phi) is 7.89. The number of methoxy groups -OCH3 is 1.